The van der Waals surface area contributed by atoms with Gasteiger partial charge in [0.1, 0.15) is 5.75 Å². The van der Waals surface area contributed by atoms with Gasteiger partial charge >= 0.3 is 0 Å². The van der Waals surface area contributed by atoms with E-state index in [1.54, 1.807) is 32.0 Å². The van der Waals surface area contributed by atoms with Crippen molar-refractivity contribution in [1.29, 1.82) is 0 Å². The molecule has 0 bridgehead atoms. The van der Waals surface area contributed by atoms with E-state index in [0.29, 0.717) is 15.8 Å². The van der Waals surface area contributed by atoms with Crippen molar-refractivity contribution in [2.45, 2.75) is 13.8 Å². The Labute approximate surface area is 131 Å². The molecule has 0 radical (unpaired) electrons. The number of ether oxygens (including phenoxy) is 1. The monoisotopic (exact) mass is 353 g/mol. The average Bonchev–Trinajstić information content (AvgIpc) is 2.65. The highest BCUT2D eigenvalue weighted by atomic mass is 79.9. The number of hydrogen-bond acceptors (Lipinski definition) is 4. The second kappa shape index (κ2) is 5.97. The number of carbonyl (C=O) groups is 3. The Bertz CT molecular complexity index is 594. The molecular formula is C15H16BrNO4. The molecule has 2 rings (SSSR count). The van der Waals surface area contributed by atoms with Crippen LogP contribution in [0.2, 0.25) is 0 Å². The molecule has 1 heterocycles. The van der Waals surface area contributed by atoms with E-state index in [9.17, 15) is 14.4 Å². The molecule has 5 nitrogen and oxygen atoms in total. The van der Waals surface area contributed by atoms with E-state index < -0.39 is 0 Å². The number of likely N-dealkylation sites (tertiary alicyclic amines) is 1. The normalized spacial score (nSPS) is 21.8. The third kappa shape index (κ3) is 2.85. The Kier molecular flexibility index (Phi) is 4.46. The van der Waals surface area contributed by atoms with Gasteiger partial charge in [-0.05, 0) is 34.1 Å². The fourth-order valence-corrected chi connectivity index (χ4v) is 2.80. The second-order valence-electron chi connectivity index (χ2n) is 5.11. The van der Waals surface area contributed by atoms with Gasteiger partial charge in [-0.1, -0.05) is 13.8 Å². The summed E-state index contributed by atoms with van der Waals surface area (Å²) in [6.45, 7) is 3.20. The summed E-state index contributed by atoms with van der Waals surface area (Å²) in [5.74, 6) is -0.967. The van der Waals surface area contributed by atoms with Crippen LogP contribution in [0.3, 0.4) is 0 Å². The van der Waals surface area contributed by atoms with Gasteiger partial charge < -0.3 is 4.74 Å². The highest BCUT2D eigenvalue weighted by molar-refractivity contribution is 9.10. The summed E-state index contributed by atoms with van der Waals surface area (Å²) >= 11 is 3.31. The Morgan fingerprint density at radius 2 is 1.81 bits per heavy atom. The Morgan fingerprint density at radius 1 is 1.24 bits per heavy atom. The van der Waals surface area contributed by atoms with Crippen molar-refractivity contribution in [3.8, 4) is 5.75 Å². The lowest BCUT2D eigenvalue weighted by Gasteiger charge is -2.14. The number of rotatable bonds is 4. The zero-order chi connectivity index (χ0) is 15.7. The molecule has 2 unspecified atom stereocenters. The molecule has 112 valence electrons. The first-order valence-electron chi connectivity index (χ1n) is 6.58. The van der Waals surface area contributed by atoms with Gasteiger partial charge in [0.15, 0.2) is 5.78 Å². The lowest BCUT2D eigenvalue weighted by Crippen LogP contribution is -2.35. The molecule has 6 heteroatoms. The molecule has 0 aliphatic carbocycles. The van der Waals surface area contributed by atoms with Crippen molar-refractivity contribution in [3.05, 3.63) is 28.2 Å². The maximum atomic E-state index is 12.2. The first kappa shape index (κ1) is 15.7. The molecule has 2 atom stereocenters. The average molecular weight is 354 g/mol. The third-order valence-corrected chi connectivity index (χ3v) is 4.46. The van der Waals surface area contributed by atoms with Gasteiger partial charge in [-0.25, -0.2) is 0 Å². The Hall–Kier alpha value is -1.69. The number of amides is 2. The number of halogens is 1. The Balaban J connectivity index is 2.17. The zero-order valence-electron chi connectivity index (χ0n) is 12.1. The van der Waals surface area contributed by atoms with E-state index in [-0.39, 0.29) is 36.0 Å². The Morgan fingerprint density at radius 3 is 2.29 bits per heavy atom. The minimum atomic E-state index is -0.368. The molecule has 0 N–H and O–H groups in total. The van der Waals surface area contributed by atoms with E-state index in [1.165, 1.54) is 7.11 Å². The molecular weight excluding hydrogens is 338 g/mol. The lowest BCUT2D eigenvalue weighted by atomic mass is 10.00. The molecule has 0 spiro atoms. The topological polar surface area (TPSA) is 63.7 Å². The van der Waals surface area contributed by atoms with Crippen LogP contribution < -0.4 is 4.74 Å². The number of hydrogen-bond donors (Lipinski definition) is 0. The van der Waals surface area contributed by atoms with Crippen LogP contribution >= 0.6 is 15.9 Å². The number of methoxy groups -OCH3 is 1. The number of carbonyl (C=O) groups excluding carboxylic acids is 3. The number of nitrogens with zero attached hydrogens (tertiary/aromatic N) is 1. The van der Waals surface area contributed by atoms with Crippen molar-refractivity contribution >= 4 is 33.5 Å². The van der Waals surface area contributed by atoms with Gasteiger partial charge in [0, 0.05) is 17.4 Å². The maximum Gasteiger partial charge on any atom is 0.233 e. The SMILES string of the molecule is COc1ccc(C(=O)CN2C(=O)C(C)C(C)C2=O)cc1Br. The van der Waals surface area contributed by atoms with Crippen LogP contribution in [0, 0.1) is 11.8 Å². The molecule has 1 fully saturated rings. The highest BCUT2D eigenvalue weighted by Gasteiger charge is 2.42. The summed E-state index contributed by atoms with van der Waals surface area (Å²) in [6, 6.07) is 4.90. The molecule has 21 heavy (non-hydrogen) atoms. The van der Waals surface area contributed by atoms with Gasteiger partial charge in [-0.15, -0.1) is 0 Å². The largest absolute Gasteiger partial charge is 0.496 e. The van der Waals surface area contributed by atoms with Crippen LogP contribution in [0.25, 0.3) is 0 Å². The molecule has 1 saturated heterocycles. The van der Waals surface area contributed by atoms with E-state index in [2.05, 4.69) is 15.9 Å². The smallest absolute Gasteiger partial charge is 0.233 e. The maximum absolute atomic E-state index is 12.2. The van der Waals surface area contributed by atoms with Crippen LogP contribution in [0.5, 0.6) is 5.75 Å². The summed E-state index contributed by atoms with van der Waals surface area (Å²) in [7, 11) is 1.53. The highest BCUT2D eigenvalue weighted by Crippen LogP contribution is 2.28. The summed E-state index contributed by atoms with van der Waals surface area (Å²) in [5.41, 5.74) is 0.426. The van der Waals surface area contributed by atoms with E-state index >= 15 is 0 Å². The van der Waals surface area contributed by atoms with Gasteiger partial charge in [0.05, 0.1) is 18.1 Å². The molecule has 1 aromatic rings. The number of benzene rings is 1. The number of imide groups is 1. The van der Waals surface area contributed by atoms with E-state index in [4.69, 9.17) is 4.74 Å². The fraction of sp³-hybridized carbons (Fsp3) is 0.400. The van der Waals surface area contributed by atoms with Gasteiger partial charge in [-0.3, -0.25) is 19.3 Å². The first-order chi connectivity index (χ1) is 9.86. The van der Waals surface area contributed by atoms with Gasteiger partial charge in [0.25, 0.3) is 0 Å². The fourth-order valence-electron chi connectivity index (χ4n) is 2.26. The minimum absolute atomic E-state index is 0.217. The van der Waals surface area contributed by atoms with Crippen molar-refractivity contribution in [1.82, 2.24) is 4.90 Å². The van der Waals surface area contributed by atoms with Crippen molar-refractivity contribution < 1.29 is 19.1 Å². The van der Waals surface area contributed by atoms with E-state index in [1.807, 2.05) is 0 Å². The minimum Gasteiger partial charge on any atom is -0.496 e. The molecule has 1 aliphatic rings. The van der Waals surface area contributed by atoms with Crippen LogP contribution in [-0.4, -0.2) is 36.2 Å². The molecule has 1 aliphatic heterocycles. The molecule has 0 aromatic heterocycles. The zero-order valence-corrected chi connectivity index (χ0v) is 13.6. The molecule has 2 amide bonds. The number of Topliss-reactive ketones (excluding diaryl/α,β-unsaturated/α-hetero) is 1. The molecule has 0 saturated carbocycles. The summed E-state index contributed by atoms with van der Waals surface area (Å²) in [4.78, 5) is 37.3. The van der Waals surface area contributed by atoms with Gasteiger partial charge in [-0.2, -0.15) is 0 Å². The van der Waals surface area contributed by atoms with Crippen LogP contribution in [0.4, 0.5) is 0 Å². The summed E-state index contributed by atoms with van der Waals surface area (Å²) in [6.07, 6.45) is 0. The predicted molar refractivity (Wildman–Crippen MR) is 80.1 cm³/mol. The molecule has 1 aromatic carbocycles. The summed E-state index contributed by atoms with van der Waals surface area (Å²) < 4.78 is 5.75. The van der Waals surface area contributed by atoms with Crippen molar-refractivity contribution in [2.75, 3.05) is 13.7 Å². The van der Waals surface area contributed by atoms with Crippen LogP contribution in [0.1, 0.15) is 24.2 Å². The standard InChI is InChI=1S/C15H16BrNO4/c1-8-9(2)15(20)17(14(8)19)7-12(18)10-4-5-13(21-3)11(16)6-10/h4-6,8-9H,7H2,1-3H3. The van der Waals surface area contributed by atoms with Crippen molar-refractivity contribution in [2.24, 2.45) is 11.8 Å². The quantitative estimate of drug-likeness (QED) is 0.615. The van der Waals surface area contributed by atoms with Crippen LogP contribution in [-0.2, 0) is 9.59 Å². The second-order valence-corrected chi connectivity index (χ2v) is 5.97. The van der Waals surface area contributed by atoms with E-state index in [0.717, 1.165) is 4.90 Å². The predicted octanol–water partition coefficient (Wildman–Crippen LogP) is 2.28. The summed E-state index contributed by atoms with van der Waals surface area (Å²) in [5, 5.41) is 0. The first-order valence-corrected chi connectivity index (χ1v) is 7.38. The third-order valence-electron chi connectivity index (χ3n) is 3.84. The number of ketones is 1. The lowest BCUT2D eigenvalue weighted by molar-refractivity contribution is -0.139. The van der Waals surface area contributed by atoms with Crippen LogP contribution in [0.15, 0.2) is 22.7 Å². The van der Waals surface area contributed by atoms with Crippen molar-refractivity contribution in [3.63, 3.8) is 0 Å². The van der Waals surface area contributed by atoms with Gasteiger partial charge in [0.2, 0.25) is 11.8 Å².